The molecule has 0 radical (unpaired) electrons. The molecular formula is C21H19N3O2. The van der Waals surface area contributed by atoms with Crippen LogP contribution in [0, 0.1) is 0 Å². The molecule has 0 unspecified atom stereocenters. The van der Waals surface area contributed by atoms with Crippen molar-refractivity contribution in [1.29, 1.82) is 0 Å². The number of aromatic nitrogens is 2. The van der Waals surface area contributed by atoms with E-state index in [1.54, 1.807) is 7.11 Å². The smallest absolute Gasteiger partial charge is 0.161 e. The van der Waals surface area contributed by atoms with Gasteiger partial charge in [0.2, 0.25) is 0 Å². The lowest BCUT2D eigenvalue weighted by Crippen LogP contribution is -1.97. The number of hydrogen-bond acceptors (Lipinski definition) is 4. The van der Waals surface area contributed by atoms with Crippen LogP contribution in [0.25, 0.3) is 22.4 Å². The molecule has 4 rings (SSSR count). The van der Waals surface area contributed by atoms with Crippen LogP contribution in [-0.2, 0) is 6.61 Å². The van der Waals surface area contributed by atoms with Crippen molar-refractivity contribution < 1.29 is 9.47 Å². The summed E-state index contributed by atoms with van der Waals surface area (Å²) in [6, 6.07) is 21.4. The molecule has 0 spiro atoms. The van der Waals surface area contributed by atoms with Crippen molar-refractivity contribution >= 4 is 16.7 Å². The van der Waals surface area contributed by atoms with Crippen LogP contribution in [0.15, 0.2) is 66.7 Å². The lowest BCUT2D eigenvalue weighted by molar-refractivity contribution is 0.284. The van der Waals surface area contributed by atoms with Crippen molar-refractivity contribution in [2.45, 2.75) is 6.61 Å². The number of nitrogens with two attached hydrogens (primary N) is 1. The number of methoxy groups -OCH3 is 1. The third kappa shape index (κ3) is 3.19. The number of aromatic amines is 1. The molecule has 0 aliphatic carbocycles. The highest BCUT2D eigenvalue weighted by atomic mass is 16.5. The maximum atomic E-state index is 5.91. The lowest BCUT2D eigenvalue weighted by atomic mass is 10.2. The molecule has 0 saturated heterocycles. The van der Waals surface area contributed by atoms with E-state index in [0.717, 1.165) is 28.0 Å². The van der Waals surface area contributed by atoms with Gasteiger partial charge in [0.05, 0.1) is 18.1 Å². The predicted octanol–water partition coefficient (Wildman–Crippen LogP) is 4.40. The van der Waals surface area contributed by atoms with Crippen LogP contribution >= 0.6 is 0 Å². The molecular weight excluding hydrogens is 326 g/mol. The number of ether oxygens (including phenoxy) is 2. The summed E-state index contributed by atoms with van der Waals surface area (Å²) in [7, 11) is 1.63. The molecule has 26 heavy (non-hydrogen) atoms. The van der Waals surface area contributed by atoms with Gasteiger partial charge in [0.1, 0.15) is 12.4 Å². The van der Waals surface area contributed by atoms with Crippen molar-refractivity contribution in [3.8, 4) is 22.9 Å². The van der Waals surface area contributed by atoms with Crippen LogP contribution in [0.4, 0.5) is 5.69 Å². The van der Waals surface area contributed by atoms with Gasteiger partial charge in [-0.25, -0.2) is 4.98 Å². The molecule has 0 amide bonds. The normalized spacial score (nSPS) is 10.8. The molecule has 0 aliphatic rings. The van der Waals surface area contributed by atoms with Gasteiger partial charge in [0.15, 0.2) is 11.5 Å². The number of anilines is 1. The van der Waals surface area contributed by atoms with Crippen LogP contribution in [0.3, 0.4) is 0 Å². The van der Waals surface area contributed by atoms with Gasteiger partial charge in [0.25, 0.3) is 0 Å². The highest BCUT2D eigenvalue weighted by Crippen LogP contribution is 2.33. The number of H-pyrrole nitrogens is 1. The Hall–Kier alpha value is -3.47. The van der Waals surface area contributed by atoms with Gasteiger partial charge in [0, 0.05) is 11.3 Å². The Labute approximate surface area is 151 Å². The first-order valence-electron chi connectivity index (χ1n) is 8.33. The maximum absolute atomic E-state index is 5.91. The predicted molar refractivity (Wildman–Crippen MR) is 103 cm³/mol. The molecule has 0 bridgehead atoms. The second-order valence-electron chi connectivity index (χ2n) is 6.00. The van der Waals surface area contributed by atoms with Crippen LogP contribution in [0.2, 0.25) is 0 Å². The summed E-state index contributed by atoms with van der Waals surface area (Å²) in [5.41, 5.74) is 10.3. The summed E-state index contributed by atoms with van der Waals surface area (Å²) < 4.78 is 11.4. The number of nitrogen functional groups attached to an aromatic ring is 1. The quantitative estimate of drug-likeness (QED) is 0.526. The van der Waals surface area contributed by atoms with E-state index in [1.165, 1.54) is 0 Å². The van der Waals surface area contributed by atoms with Crippen LogP contribution < -0.4 is 15.2 Å². The molecule has 1 aromatic heterocycles. The Kier molecular flexibility index (Phi) is 4.19. The fourth-order valence-corrected chi connectivity index (χ4v) is 2.83. The Morgan fingerprint density at radius 1 is 0.962 bits per heavy atom. The first kappa shape index (κ1) is 16.0. The van der Waals surface area contributed by atoms with Gasteiger partial charge in [-0.05, 0) is 42.0 Å². The number of fused-ring (bicyclic) bond motifs is 1. The number of nitrogens with zero attached hydrogens (tertiary/aromatic N) is 1. The zero-order valence-electron chi connectivity index (χ0n) is 14.4. The fourth-order valence-electron chi connectivity index (χ4n) is 2.83. The van der Waals surface area contributed by atoms with Gasteiger partial charge in [-0.1, -0.05) is 30.3 Å². The molecule has 5 heteroatoms. The average molecular weight is 345 g/mol. The zero-order chi connectivity index (χ0) is 17.9. The molecule has 130 valence electrons. The topological polar surface area (TPSA) is 73.2 Å². The highest BCUT2D eigenvalue weighted by Gasteiger charge is 2.11. The van der Waals surface area contributed by atoms with E-state index in [1.807, 2.05) is 66.7 Å². The lowest BCUT2D eigenvalue weighted by Gasteiger charge is -2.11. The van der Waals surface area contributed by atoms with Gasteiger partial charge in [-0.15, -0.1) is 0 Å². The molecule has 3 N–H and O–H groups in total. The molecule has 0 saturated carbocycles. The van der Waals surface area contributed by atoms with Gasteiger partial charge in [-0.3, -0.25) is 0 Å². The van der Waals surface area contributed by atoms with E-state index < -0.39 is 0 Å². The van der Waals surface area contributed by atoms with E-state index in [9.17, 15) is 0 Å². The fraction of sp³-hybridized carbons (Fsp3) is 0.0952. The van der Waals surface area contributed by atoms with Crippen molar-refractivity contribution in [1.82, 2.24) is 9.97 Å². The summed E-state index contributed by atoms with van der Waals surface area (Å²) in [4.78, 5) is 7.91. The van der Waals surface area contributed by atoms with Crippen molar-refractivity contribution in [3.63, 3.8) is 0 Å². The first-order chi connectivity index (χ1) is 12.7. The van der Waals surface area contributed by atoms with E-state index in [0.29, 0.717) is 23.8 Å². The minimum Gasteiger partial charge on any atom is -0.493 e. The Morgan fingerprint density at radius 3 is 2.62 bits per heavy atom. The van der Waals surface area contributed by atoms with E-state index in [2.05, 4.69) is 9.97 Å². The summed E-state index contributed by atoms with van der Waals surface area (Å²) in [6.45, 7) is 0.487. The number of rotatable bonds is 5. The molecule has 0 atom stereocenters. The minimum absolute atomic E-state index is 0.487. The number of imidazole rings is 1. The highest BCUT2D eigenvalue weighted by molar-refractivity contribution is 5.82. The van der Waals surface area contributed by atoms with Crippen LogP contribution in [-0.4, -0.2) is 17.1 Å². The standard InChI is InChI=1S/C21H19N3O2/c1-25-20-11-15(21-23-17-9-8-16(22)12-18(17)24-21)7-10-19(20)26-13-14-5-3-2-4-6-14/h2-12H,13,22H2,1H3,(H,23,24). The van der Waals surface area contributed by atoms with Gasteiger partial charge in [-0.2, -0.15) is 0 Å². The van der Waals surface area contributed by atoms with Crippen molar-refractivity contribution in [2.24, 2.45) is 0 Å². The monoisotopic (exact) mass is 345 g/mol. The van der Waals surface area contributed by atoms with E-state index in [4.69, 9.17) is 15.2 Å². The van der Waals surface area contributed by atoms with E-state index in [-0.39, 0.29) is 0 Å². The summed E-state index contributed by atoms with van der Waals surface area (Å²) in [5.74, 6) is 2.12. The molecule has 5 nitrogen and oxygen atoms in total. The molecule has 0 fully saturated rings. The van der Waals surface area contributed by atoms with Crippen LogP contribution in [0.5, 0.6) is 11.5 Å². The van der Waals surface area contributed by atoms with Crippen molar-refractivity contribution in [3.05, 3.63) is 72.3 Å². The Bertz CT molecular complexity index is 1040. The summed E-state index contributed by atoms with van der Waals surface area (Å²) >= 11 is 0. The third-order valence-electron chi connectivity index (χ3n) is 4.18. The number of hydrogen-bond donors (Lipinski definition) is 2. The SMILES string of the molecule is COc1cc(-c2nc3ccc(N)cc3[nH]2)ccc1OCc1ccccc1. The van der Waals surface area contributed by atoms with Gasteiger partial charge < -0.3 is 20.2 Å². The largest absolute Gasteiger partial charge is 0.493 e. The first-order valence-corrected chi connectivity index (χ1v) is 8.33. The van der Waals surface area contributed by atoms with Crippen LogP contribution in [0.1, 0.15) is 5.56 Å². The van der Waals surface area contributed by atoms with E-state index >= 15 is 0 Å². The van der Waals surface area contributed by atoms with Crippen molar-refractivity contribution in [2.75, 3.05) is 12.8 Å². The summed E-state index contributed by atoms with van der Waals surface area (Å²) in [6.07, 6.45) is 0. The maximum Gasteiger partial charge on any atom is 0.161 e. The zero-order valence-corrected chi connectivity index (χ0v) is 14.4. The number of benzene rings is 3. The molecule has 1 heterocycles. The second kappa shape index (κ2) is 6.80. The molecule has 3 aromatic carbocycles. The molecule has 0 aliphatic heterocycles. The Balaban J connectivity index is 1.61. The summed E-state index contributed by atoms with van der Waals surface area (Å²) in [5, 5.41) is 0. The Morgan fingerprint density at radius 2 is 1.81 bits per heavy atom. The van der Waals surface area contributed by atoms with Gasteiger partial charge >= 0.3 is 0 Å². The second-order valence-corrected chi connectivity index (χ2v) is 6.00. The number of nitrogens with one attached hydrogen (secondary N) is 1. The average Bonchev–Trinajstić information content (AvgIpc) is 3.10. The minimum atomic E-state index is 0.487. The third-order valence-corrected chi connectivity index (χ3v) is 4.18. The molecule has 4 aromatic rings.